The highest BCUT2D eigenvalue weighted by molar-refractivity contribution is 7.54. The molecule has 10 nitrogen and oxygen atoms in total. The van der Waals surface area contributed by atoms with Crippen LogP contribution < -0.4 is 5.73 Å². The van der Waals surface area contributed by atoms with Crippen LogP contribution in [0.5, 0.6) is 0 Å². The van der Waals surface area contributed by atoms with E-state index >= 15 is 8.78 Å². The molecule has 0 unspecified atom stereocenters. The van der Waals surface area contributed by atoms with Crippen molar-refractivity contribution in [2.75, 3.05) is 13.6 Å². The second kappa shape index (κ2) is 10.0. The van der Waals surface area contributed by atoms with E-state index in [4.69, 9.17) is 24.3 Å². The van der Waals surface area contributed by atoms with Gasteiger partial charge in [-0.05, 0) is 59.7 Å². The number of H-pyrrole nitrogens is 1. The fourth-order valence-electron chi connectivity index (χ4n) is 2.54. The van der Waals surface area contributed by atoms with Crippen LogP contribution in [0.3, 0.4) is 0 Å². The Morgan fingerprint density at radius 3 is 1.83 bits per heavy atom. The molecule has 35 heavy (non-hydrogen) atoms. The smallest absolute Gasteiger partial charge is 0.410 e. The van der Waals surface area contributed by atoms with Gasteiger partial charge in [-0.25, -0.2) is 0 Å². The van der Waals surface area contributed by atoms with Gasteiger partial charge in [0.15, 0.2) is 0 Å². The minimum absolute atomic E-state index is 0.0145. The summed E-state index contributed by atoms with van der Waals surface area (Å²) in [6.07, 6.45) is 0. The monoisotopic (exact) mass is 518 g/mol. The first kappa shape index (κ1) is 28.4. The quantitative estimate of drug-likeness (QED) is 0.277. The number of fused-ring (bicyclic) bond motifs is 1. The number of aromatic nitrogens is 1. The summed E-state index contributed by atoms with van der Waals surface area (Å²) >= 11 is 0. The number of amides is 1. The predicted molar refractivity (Wildman–Crippen MR) is 121 cm³/mol. The summed E-state index contributed by atoms with van der Waals surface area (Å²) < 4.78 is 63.5. The molecule has 194 valence electrons. The lowest BCUT2D eigenvalue weighted by Gasteiger charge is -2.27. The minimum atomic E-state index is -5.44. The number of aromatic amines is 1. The molecule has 0 saturated heterocycles. The Morgan fingerprint density at radius 2 is 1.40 bits per heavy atom. The van der Waals surface area contributed by atoms with Crippen molar-refractivity contribution in [3.05, 3.63) is 35.5 Å². The molecular formula is C22H29F2N2O8P. The Balaban J connectivity index is 2.35. The van der Waals surface area contributed by atoms with Gasteiger partial charge in [-0.1, -0.05) is 6.07 Å². The van der Waals surface area contributed by atoms with Crippen LogP contribution in [0.15, 0.2) is 24.3 Å². The summed E-state index contributed by atoms with van der Waals surface area (Å²) in [5, 5.41) is 0.181. The molecular weight excluding hydrogens is 489 g/mol. The summed E-state index contributed by atoms with van der Waals surface area (Å²) in [6, 6.07) is 4.40. The van der Waals surface area contributed by atoms with Crippen molar-refractivity contribution >= 4 is 36.3 Å². The molecule has 1 aromatic carbocycles. The molecule has 0 bridgehead atoms. The van der Waals surface area contributed by atoms with Gasteiger partial charge in [-0.15, -0.1) is 0 Å². The molecule has 3 N–H and O–H groups in total. The zero-order valence-corrected chi connectivity index (χ0v) is 21.2. The van der Waals surface area contributed by atoms with Gasteiger partial charge in [0.25, 0.3) is 5.91 Å². The highest BCUT2D eigenvalue weighted by Crippen LogP contribution is 2.67. The van der Waals surface area contributed by atoms with Gasteiger partial charge in [0.1, 0.15) is 5.69 Å². The zero-order valence-electron chi connectivity index (χ0n) is 20.3. The van der Waals surface area contributed by atoms with Gasteiger partial charge in [-0.2, -0.15) is 8.78 Å². The van der Waals surface area contributed by atoms with Crippen LogP contribution in [0.4, 0.5) is 8.78 Å². The van der Waals surface area contributed by atoms with Crippen molar-refractivity contribution in [3.8, 4) is 0 Å². The van der Waals surface area contributed by atoms with Gasteiger partial charge in [0, 0.05) is 16.5 Å². The summed E-state index contributed by atoms with van der Waals surface area (Å²) in [4.78, 5) is 38.0. The summed E-state index contributed by atoms with van der Waals surface area (Å²) in [5.41, 5.74) is -1.49. The number of carbonyl (C=O) groups excluding carboxylic acids is 3. The van der Waals surface area contributed by atoms with Crippen LogP contribution in [0.25, 0.3) is 10.9 Å². The van der Waals surface area contributed by atoms with Crippen molar-refractivity contribution < 1.29 is 46.3 Å². The Bertz CT molecular complexity index is 1130. The Labute approximate surface area is 201 Å². The van der Waals surface area contributed by atoms with E-state index in [1.807, 2.05) is 0 Å². The van der Waals surface area contributed by atoms with E-state index in [0.717, 1.165) is 12.1 Å². The molecule has 0 aliphatic rings. The van der Waals surface area contributed by atoms with Crippen molar-refractivity contribution in [1.29, 1.82) is 0 Å². The maximum Gasteiger partial charge on any atom is 0.410 e. The molecule has 0 fully saturated rings. The number of hydrogen-bond donors (Lipinski definition) is 2. The van der Waals surface area contributed by atoms with E-state index in [1.165, 1.54) is 53.7 Å². The number of alkyl halides is 2. The standard InChI is InChI=1S/C22H29F2N2O8P/c1-20(2,3)18(28)31-11-33-35(30,34-12-32-19(29)21(4,5)6)22(23,24)14-7-8-15-13(9-14)10-16(26-15)17(25)27/h7-10,26H,11-12H2,1-6H3,(H2,25,27). The molecule has 0 spiro atoms. The van der Waals surface area contributed by atoms with Gasteiger partial charge in [-0.3, -0.25) is 28.0 Å². The fourth-order valence-corrected chi connectivity index (χ4v) is 3.78. The molecule has 0 aliphatic carbocycles. The molecule has 1 heterocycles. The first-order valence-electron chi connectivity index (χ1n) is 10.4. The van der Waals surface area contributed by atoms with Crippen LogP contribution in [0.1, 0.15) is 57.6 Å². The number of nitrogens with two attached hydrogens (primary N) is 1. The number of halogens is 2. The number of esters is 2. The topological polar surface area (TPSA) is 147 Å². The number of hydrogen-bond acceptors (Lipinski definition) is 8. The van der Waals surface area contributed by atoms with Crippen molar-refractivity contribution in [2.45, 2.75) is 47.2 Å². The van der Waals surface area contributed by atoms with E-state index in [1.54, 1.807) is 0 Å². The SMILES string of the molecule is CC(C)(C)C(=O)OCOP(=O)(OCOC(=O)C(C)(C)C)C(F)(F)c1ccc2[nH]c(C(N)=O)cc2c1. The number of primary amides is 1. The first-order chi connectivity index (χ1) is 15.9. The molecule has 13 heteroatoms. The van der Waals surface area contributed by atoms with Crippen molar-refractivity contribution in [1.82, 2.24) is 4.98 Å². The second-order valence-electron chi connectivity index (χ2n) is 9.75. The number of benzene rings is 1. The Hall–Kier alpha value is -2.82. The maximum absolute atomic E-state index is 15.5. The highest BCUT2D eigenvalue weighted by atomic mass is 31.2. The van der Waals surface area contributed by atoms with Crippen LogP contribution in [0, 0.1) is 10.8 Å². The van der Waals surface area contributed by atoms with Crippen LogP contribution in [0.2, 0.25) is 0 Å². The third-order valence-corrected chi connectivity index (χ3v) is 6.46. The van der Waals surface area contributed by atoms with E-state index in [-0.39, 0.29) is 11.1 Å². The molecule has 0 saturated carbocycles. The number of carbonyl (C=O) groups is 3. The third-order valence-electron chi connectivity index (χ3n) is 4.63. The lowest BCUT2D eigenvalue weighted by molar-refractivity contribution is -0.163. The number of ether oxygens (including phenoxy) is 2. The molecule has 2 rings (SSSR count). The third kappa shape index (κ3) is 6.65. The van der Waals surface area contributed by atoms with E-state index in [2.05, 4.69) is 4.98 Å². The molecule has 0 aliphatic heterocycles. The molecule has 1 amide bonds. The maximum atomic E-state index is 15.5. The second-order valence-corrected chi connectivity index (χ2v) is 11.8. The summed E-state index contributed by atoms with van der Waals surface area (Å²) in [7, 11) is -5.44. The summed E-state index contributed by atoms with van der Waals surface area (Å²) in [6.45, 7) is 6.95. The number of rotatable bonds is 9. The fraction of sp³-hybridized carbons (Fsp3) is 0.500. The number of nitrogens with one attached hydrogen (secondary N) is 1. The largest absolute Gasteiger partial charge is 0.438 e. The molecule has 2 aromatic rings. The average Bonchev–Trinajstić information content (AvgIpc) is 3.16. The van der Waals surface area contributed by atoms with E-state index < -0.39 is 61.1 Å². The Kier molecular flexibility index (Phi) is 8.15. The van der Waals surface area contributed by atoms with Crippen LogP contribution >= 0.6 is 7.60 Å². The van der Waals surface area contributed by atoms with Crippen LogP contribution in [-0.4, -0.2) is 36.4 Å². The van der Waals surface area contributed by atoms with Crippen molar-refractivity contribution in [2.24, 2.45) is 16.6 Å². The van der Waals surface area contributed by atoms with Gasteiger partial charge in [0.05, 0.1) is 10.8 Å². The molecule has 1 aromatic heterocycles. The van der Waals surface area contributed by atoms with Gasteiger partial charge >= 0.3 is 25.2 Å². The Morgan fingerprint density at radius 1 is 0.914 bits per heavy atom. The van der Waals surface area contributed by atoms with E-state index in [0.29, 0.717) is 5.52 Å². The minimum Gasteiger partial charge on any atom is -0.438 e. The molecule has 0 radical (unpaired) electrons. The normalized spacial score (nSPS) is 13.0. The highest BCUT2D eigenvalue weighted by Gasteiger charge is 2.56. The zero-order chi connectivity index (χ0) is 26.8. The molecule has 0 atom stereocenters. The van der Waals surface area contributed by atoms with Gasteiger partial charge in [0.2, 0.25) is 13.6 Å². The lowest BCUT2D eigenvalue weighted by atomic mass is 9.98. The first-order valence-corrected chi connectivity index (χ1v) is 12.0. The average molecular weight is 518 g/mol. The van der Waals surface area contributed by atoms with Gasteiger partial charge < -0.3 is 20.2 Å². The lowest BCUT2D eigenvalue weighted by Crippen LogP contribution is -2.27. The van der Waals surface area contributed by atoms with E-state index in [9.17, 15) is 18.9 Å². The van der Waals surface area contributed by atoms with Crippen molar-refractivity contribution in [3.63, 3.8) is 0 Å². The predicted octanol–water partition coefficient (Wildman–Crippen LogP) is 4.64. The van der Waals surface area contributed by atoms with Crippen LogP contribution in [-0.2, 0) is 38.3 Å². The summed E-state index contributed by atoms with van der Waals surface area (Å²) in [5.74, 6) is -2.38.